The minimum absolute atomic E-state index is 0.0526. The highest BCUT2D eigenvalue weighted by atomic mass is 32.2. The number of anilines is 2. The molecule has 4 amide bonds. The zero-order valence-corrected chi connectivity index (χ0v) is 29.1. The zero-order chi connectivity index (χ0) is 35.7. The van der Waals surface area contributed by atoms with Crippen molar-refractivity contribution in [1.29, 1.82) is 0 Å². The number of hydrogen-bond donors (Lipinski definition) is 2. The van der Waals surface area contributed by atoms with E-state index in [0.717, 1.165) is 16.0 Å². The number of hydrogen-bond acceptors (Lipinski definition) is 6. The number of benzene rings is 5. The third kappa shape index (κ3) is 9.00. The Morgan fingerprint density at radius 1 is 0.824 bits per heavy atom. The van der Waals surface area contributed by atoms with E-state index in [1.165, 1.54) is 16.7 Å². The number of rotatable bonds is 12. The average molecular weight is 696 g/mol. The van der Waals surface area contributed by atoms with E-state index >= 15 is 0 Å². The van der Waals surface area contributed by atoms with Gasteiger partial charge in [-0.2, -0.15) is 0 Å². The SMILES string of the molecule is CC(C)c1ccc(N2C(=O)CC(Sc3ccc(NC(=O)/C(=C/c4ccc(OCc5ccccc5)cc4)NC(=O)c4ccccc4)cc3)C2=O)cc1. The topological polar surface area (TPSA) is 105 Å². The molecule has 0 aliphatic carbocycles. The zero-order valence-electron chi connectivity index (χ0n) is 28.2. The van der Waals surface area contributed by atoms with Crippen molar-refractivity contribution in [3.05, 3.63) is 161 Å². The van der Waals surface area contributed by atoms with Crippen molar-refractivity contribution in [2.75, 3.05) is 10.2 Å². The molecule has 8 nitrogen and oxygen atoms in total. The molecule has 5 aromatic rings. The number of carbonyl (C=O) groups is 4. The van der Waals surface area contributed by atoms with Crippen molar-refractivity contribution >= 4 is 52.8 Å². The van der Waals surface area contributed by atoms with Crippen molar-refractivity contribution in [3.63, 3.8) is 0 Å². The lowest BCUT2D eigenvalue weighted by molar-refractivity contribution is -0.121. The first-order valence-electron chi connectivity index (χ1n) is 16.6. The van der Waals surface area contributed by atoms with Crippen LogP contribution in [0.1, 0.15) is 53.2 Å². The summed E-state index contributed by atoms with van der Waals surface area (Å²) in [4.78, 5) is 54.8. The molecule has 0 radical (unpaired) electrons. The Balaban J connectivity index is 1.12. The standard InChI is InChI=1S/C42H37N3O5S/c1-28(2)31-15-19-34(20-16-31)45-39(46)26-38(42(45)49)51-36-23-17-33(18-24-36)43-41(48)37(44-40(47)32-11-7-4-8-12-32)25-29-13-21-35(22-14-29)50-27-30-9-5-3-6-10-30/h3-25,28,38H,26-27H2,1-2H3,(H,43,48)(H,44,47)/b37-25-. The van der Waals surface area contributed by atoms with Gasteiger partial charge in [-0.25, -0.2) is 4.90 Å². The van der Waals surface area contributed by atoms with Gasteiger partial charge < -0.3 is 15.4 Å². The molecule has 256 valence electrons. The Kier molecular flexibility index (Phi) is 11.1. The van der Waals surface area contributed by atoms with Crippen LogP contribution in [0.2, 0.25) is 0 Å². The van der Waals surface area contributed by atoms with Crippen LogP contribution in [-0.2, 0) is 21.0 Å². The molecule has 1 atom stereocenters. The molecule has 1 heterocycles. The van der Waals surface area contributed by atoms with Gasteiger partial charge in [0, 0.05) is 22.6 Å². The number of amides is 4. The number of thioether (sulfide) groups is 1. The first kappa shape index (κ1) is 34.9. The predicted octanol–water partition coefficient (Wildman–Crippen LogP) is 8.22. The number of imide groups is 1. The Morgan fingerprint density at radius 2 is 1.47 bits per heavy atom. The fourth-order valence-corrected chi connectivity index (χ4v) is 6.52. The first-order chi connectivity index (χ1) is 24.7. The summed E-state index contributed by atoms with van der Waals surface area (Å²) in [6, 6.07) is 40.3. The molecule has 1 aliphatic heterocycles. The van der Waals surface area contributed by atoms with Crippen LogP contribution in [0, 0.1) is 0 Å². The molecular weight excluding hydrogens is 659 g/mol. The summed E-state index contributed by atoms with van der Waals surface area (Å²) in [5.74, 6) is -0.402. The fraction of sp³-hybridized carbons (Fsp3) is 0.143. The quantitative estimate of drug-likeness (QED) is 0.101. The third-order valence-corrected chi connectivity index (χ3v) is 9.48. The number of nitrogens with one attached hydrogen (secondary N) is 2. The summed E-state index contributed by atoms with van der Waals surface area (Å²) in [6.45, 7) is 4.61. The second kappa shape index (κ2) is 16.2. The minimum atomic E-state index is -0.555. The second-order valence-electron chi connectivity index (χ2n) is 12.3. The highest BCUT2D eigenvalue weighted by Gasteiger charge is 2.40. The highest BCUT2D eigenvalue weighted by molar-refractivity contribution is 8.00. The maximum Gasteiger partial charge on any atom is 0.272 e. The normalized spacial score (nSPS) is 14.5. The molecule has 1 aliphatic rings. The van der Waals surface area contributed by atoms with E-state index < -0.39 is 17.1 Å². The lowest BCUT2D eigenvalue weighted by Gasteiger charge is -2.16. The molecule has 0 spiro atoms. The van der Waals surface area contributed by atoms with Crippen LogP contribution in [0.3, 0.4) is 0 Å². The van der Waals surface area contributed by atoms with E-state index in [-0.39, 0.29) is 23.9 Å². The monoisotopic (exact) mass is 695 g/mol. The van der Waals surface area contributed by atoms with Crippen LogP contribution in [0.5, 0.6) is 5.75 Å². The third-order valence-electron chi connectivity index (χ3n) is 8.28. The van der Waals surface area contributed by atoms with Crippen molar-refractivity contribution in [2.45, 2.75) is 42.9 Å². The first-order valence-corrected chi connectivity index (χ1v) is 17.5. The smallest absolute Gasteiger partial charge is 0.272 e. The second-order valence-corrected chi connectivity index (χ2v) is 13.6. The van der Waals surface area contributed by atoms with Gasteiger partial charge in [0.2, 0.25) is 11.8 Å². The molecule has 9 heteroatoms. The van der Waals surface area contributed by atoms with Gasteiger partial charge in [0.1, 0.15) is 18.1 Å². The molecule has 6 rings (SSSR count). The molecule has 0 saturated carbocycles. The Bertz CT molecular complexity index is 2030. The summed E-state index contributed by atoms with van der Waals surface area (Å²) in [5.41, 5.74) is 4.41. The molecule has 0 aromatic heterocycles. The molecule has 0 bridgehead atoms. The lowest BCUT2D eigenvalue weighted by atomic mass is 10.0. The summed E-state index contributed by atoms with van der Waals surface area (Å²) >= 11 is 1.31. The van der Waals surface area contributed by atoms with Gasteiger partial charge in [-0.15, -0.1) is 11.8 Å². The maximum atomic E-state index is 13.6. The van der Waals surface area contributed by atoms with Crippen LogP contribution in [-0.4, -0.2) is 28.9 Å². The molecule has 2 N–H and O–H groups in total. The number of carbonyl (C=O) groups excluding carboxylic acids is 4. The van der Waals surface area contributed by atoms with Gasteiger partial charge in [-0.1, -0.05) is 86.6 Å². The Labute approximate surface area is 301 Å². The van der Waals surface area contributed by atoms with Gasteiger partial charge in [0.15, 0.2) is 0 Å². The van der Waals surface area contributed by atoms with Crippen LogP contribution in [0.15, 0.2) is 144 Å². The molecular formula is C42H37N3O5S. The predicted molar refractivity (Wildman–Crippen MR) is 201 cm³/mol. The van der Waals surface area contributed by atoms with Crippen molar-refractivity contribution in [1.82, 2.24) is 5.32 Å². The minimum Gasteiger partial charge on any atom is -0.489 e. The molecule has 5 aromatic carbocycles. The van der Waals surface area contributed by atoms with Gasteiger partial charge in [0.25, 0.3) is 11.8 Å². The van der Waals surface area contributed by atoms with E-state index in [1.807, 2.05) is 84.9 Å². The van der Waals surface area contributed by atoms with Gasteiger partial charge in [-0.05, 0) is 89.3 Å². The van der Waals surface area contributed by atoms with Gasteiger partial charge in [0.05, 0.1) is 10.9 Å². The molecule has 51 heavy (non-hydrogen) atoms. The lowest BCUT2D eigenvalue weighted by Crippen LogP contribution is -2.31. The van der Waals surface area contributed by atoms with E-state index in [2.05, 4.69) is 24.5 Å². The van der Waals surface area contributed by atoms with Gasteiger partial charge >= 0.3 is 0 Å². The summed E-state index contributed by atoms with van der Waals surface area (Å²) in [5, 5.41) is 5.06. The summed E-state index contributed by atoms with van der Waals surface area (Å²) < 4.78 is 5.89. The summed E-state index contributed by atoms with van der Waals surface area (Å²) in [6.07, 6.45) is 1.70. The molecule has 1 saturated heterocycles. The Morgan fingerprint density at radius 3 is 2.12 bits per heavy atom. The average Bonchev–Trinajstić information content (AvgIpc) is 3.43. The van der Waals surface area contributed by atoms with Gasteiger partial charge in [-0.3, -0.25) is 19.2 Å². The van der Waals surface area contributed by atoms with E-state index in [9.17, 15) is 19.2 Å². The van der Waals surface area contributed by atoms with Crippen LogP contribution in [0.25, 0.3) is 6.08 Å². The molecule has 1 unspecified atom stereocenters. The fourth-order valence-electron chi connectivity index (χ4n) is 5.47. The Hall–Kier alpha value is -5.93. The van der Waals surface area contributed by atoms with Crippen molar-refractivity contribution in [2.24, 2.45) is 0 Å². The van der Waals surface area contributed by atoms with Crippen LogP contribution in [0.4, 0.5) is 11.4 Å². The maximum absolute atomic E-state index is 13.6. The van der Waals surface area contributed by atoms with Crippen molar-refractivity contribution < 1.29 is 23.9 Å². The number of ether oxygens (including phenoxy) is 1. The molecule has 1 fully saturated rings. The van der Waals surface area contributed by atoms with Crippen LogP contribution < -0.4 is 20.3 Å². The van der Waals surface area contributed by atoms with Crippen LogP contribution >= 0.6 is 11.8 Å². The summed E-state index contributed by atoms with van der Waals surface area (Å²) in [7, 11) is 0. The van der Waals surface area contributed by atoms with E-state index in [4.69, 9.17) is 4.74 Å². The highest BCUT2D eigenvalue weighted by Crippen LogP contribution is 2.35. The van der Waals surface area contributed by atoms with Crippen molar-refractivity contribution in [3.8, 4) is 5.75 Å². The largest absolute Gasteiger partial charge is 0.489 e. The number of nitrogens with zero attached hydrogens (tertiary/aromatic N) is 1. The van der Waals surface area contributed by atoms with E-state index in [0.29, 0.717) is 40.8 Å². The van der Waals surface area contributed by atoms with E-state index in [1.54, 1.807) is 54.6 Å².